The van der Waals surface area contributed by atoms with E-state index >= 15 is 0 Å². The lowest BCUT2D eigenvalue weighted by molar-refractivity contribution is 0.0984. The summed E-state index contributed by atoms with van der Waals surface area (Å²) < 4.78 is 0. The smallest absolute Gasteiger partial charge is 0.167 e. The highest BCUT2D eigenvalue weighted by molar-refractivity contribution is 5.98. The Kier molecular flexibility index (Phi) is 5.98. The fourth-order valence-electron chi connectivity index (χ4n) is 4.94. The molecule has 0 unspecified atom stereocenters. The number of fused-ring (bicyclic) bond motifs is 3. The number of hydrogen-bond acceptors (Lipinski definition) is 2. The summed E-state index contributed by atoms with van der Waals surface area (Å²) >= 11 is 0. The maximum Gasteiger partial charge on any atom is 0.167 e. The maximum atomic E-state index is 12.9. The zero-order valence-electron chi connectivity index (χ0n) is 20.9. The third-order valence-corrected chi connectivity index (χ3v) is 7.40. The lowest BCUT2D eigenvalue weighted by Crippen LogP contribution is -2.04. The molecule has 0 aliphatic heterocycles. The molecule has 0 saturated heterocycles. The number of hydrogen-bond donors (Lipinski definition) is 0. The molecule has 0 spiro atoms. The molecule has 0 bridgehead atoms. The summed E-state index contributed by atoms with van der Waals surface area (Å²) in [6.07, 6.45) is 1.64. The van der Waals surface area contributed by atoms with Crippen LogP contribution >= 0.6 is 0 Å². The van der Waals surface area contributed by atoms with Crippen LogP contribution in [0, 0.1) is 27.7 Å². The Hall–Kier alpha value is -3.78. The van der Waals surface area contributed by atoms with E-state index in [9.17, 15) is 9.59 Å². The molecule has 174 valence electrons. The molecular weight excluding hydrogens is 428 g/mol. The van der Waals surface area contributed by atoms with Crippen LogP contribution in [-0.4, -0.2) is 11.6 Å². The molecule has 0 saturated carbocycles. The number of Topliss-reactive ketones (excluding diaryl/α,β-unsaturated/α-hetero) is 2. The molecule has 4 aromatic rings. The van der Waals surface area contributed by atoms with Gasteiger partial charge in [-0.3, -0.25) is 9.59 Å². The van der Waals surface area contributed by atoms with Crippen LogP contribution in [0.15, 0.2) is 72.8 Å². The molecule has 0 aromatic heterocycles. The zero-order chi connectivity index (χ0) is 24.7. The van der Waals surface area contributed by atoms with E-state index in [2.05, 4.69) is 50.2 Å². The first-order valence-corrected chi connectivity index (χ1v) is 12.2. The number of ketones is 2. The van der Waals surface area contributed by atoms with Gasteiger partial charge in [0.05, 0.1) is 0 Å². The molecule has 5 rings (SSSR count). The van der Waals surface area contributed by atoms with E-state index in [0.717, 1.165) is 39.8 Å². The van der Waals surface area contributed by atoms with Crippen LogP contribution in [0.4, 0.5) is 0 Å². The van der Waals surface area contributed by atoms with Crippen LogP contribution in [0.3, 0.4) is 0 Å². The first kappa shape index (κ1) is 23.0. The highest BCUT2D eigenvalue weighted by Crippen LogP contribution is 2.38. The molecule has 0 heterocycles. The van der Waals surface area contributed by atoms with Crippen molar-refractivity contribution in [2.24, 2.45) is 0 Å². The molecule has 35 heavy (non-hydrogen) atoms. The second kappa shape index (κ2) is 9.11. The topological polar surface area (TPSA) is 34.1 Å². The van der Waals surface area contributed by atoms with Crippen molar-refractivity contribution in [1.82, 2.24) is 0 Å². The van der Waals surface area contributed by atoms with Crippen molar-refractivity contribution < 1.29 is 9.59 Å². The molecular formula is C33H30O2. The van der Waals surface area contributed by atoms with E-state index in [1.54, 1.807) is 0 Å². The van der Waals surface area contributed by atoms with Gasteiger partial charge < -0.3 is 0 Å². The average Bonchev–Trinajstić information content (AvgIpc) is 3.19. The van der Waals surface area contributed by atoms with E-state index in [-0.39, 0.29) is 11.6 Å². The number of carbonyl (C=O) groups is 2. The Labute approximate surface area is 207 Å². The normalized spacial score (nSPS) is 11.8. The summed E-state index contributed by atoms with van der Waals surface area (Å²) in [7, 11) is 0. The van der Waals surface area contributed by atoms with Gasteiger partial charge in [-0.1, -0.05) is 60.7 Å². The molecule has 0 fully saturated rings. The van der Waals surface area contributed by atoms with Crippen LogP contribution in [0.2, 0.25) is 0 Å². The van der Waals surface area contributed by atoms with Crippen molar-refractivity contribution in [1.29, 1.82) is 0 Å². The molecule has 0 atom stereocenters. The van der Waals surface area contributed by atoms with E-state index in [1.807, 2.05) is 50.2 Å². The predicted molar refractivity (Wildman–Crippen MR) is 143 cm³/mol. The highest BCUT2D eigenvalue weighted by atomic mass is 16.1. The third-order valence-electron chi connectivity index (χ3n) is 7.40. The van der Waals surface area contributed by atoms with E-state index in [0.29, 0.717) is 12.8 Å². The molecule has 2 heteroatoms. The Bertz CT molecular complexity index is 1380. The quantitative estimate of drug-likeness (QED) is 0.249. The van der Waals surface area contributed by atoms with Crippen molar-refractivity contribution in [2.45, 2.75) is 47.0 Å². The standard InChI is InChI=1S/C33H30O2/c1-20-5-9-26(13-22(20)3)32(34)17-24-7-11-30-28(15-24)19-29-16-25(8-12-31(29)30)18-33(35)27-10-6-21(2)23(4)14-27/h5-16H,17-19H2,1-4H3. The largest absolute Gasteiger partial charge is 0.294 e. The van der Waals surface area contributed by atoms with Gasteiger partial charge in [0.1, 0.15) is 0 Å². The van der Waals surface area contributed by atoms with Crippen LogP contribution in [0.5, 0.6) is 0 Å². The Balaban J connectivity index is 1.31. The van der Waals surface area contributed by atoms with Crippen LogP contribution < -0.4 is 0 Å². The summed E-state index contributed by atoms with van der Waals surface area (Å²) in [5.74, 6) is 0.298. The number of rotatable bonds is 6. The molecule has 2 nitrogen and oxygen atoms in total. The van der Waals surface area contributed by atoms with Gasteiger partial charge in [0.2, 0.25) is 0 Å². The fourth-order valence-corrected chi connectivity index (χ4v) is 4.94. The van der Waals surface area contributed by atoms with Gasteiger partial charge in [0.25, 0.3) is 0 Å². The Morgan fingerprint density at radius 3 is 1.37 bits per heavy atom. The summed E-state index contributed by atoms with van der Waals surface area (Å²) in [5.41, 5.74) is 13.3. The number of benzene rings is 4. The van der Waals surface area contributed by atoms with E-state index in [4.69, 9.17) is 0 Å². The van der Waals surface area contributed by atoms with Crippen LogP contribution in [0.1, 0.15) is 65.2 Å². The molecule has 0 N–H and O–H groups in total. The van der Waals surface area contributed by atoms with Crippen LogP contribution in [0.25, 0.3) is 11.1 Å². The van der Waals surface area contributed by atoms with Crippen molar-refractivity contribution in [3.63, 3.8) is 0 Å². The van der Waals surface area contributed by atoms with E-state index < -0.39 is 0 Å². The first-order valence-electron chi connectivity index (χ1n) is 12.2. The second-order valence-corrected chi connectivity index (χ2v) is 9.96. The molecule has 0 radical (unpaired) electrons. The van der Waals surface area contributed by atoms with Gasteiger partial charge in [0.15, 0.2) is 11.6 Å². The van der Waals surface area contributed by atoms with Gasteiger partial charge in [-0.25, -0.2) is 0 Å². The lowest BCUT2D eigenvalue weighted by Gasteiger charge is -2.08. The number of carbonyl (C=O) groups excluding carboxylic acids is 2. The summed E-state index contributed by atoms with van der Waals surface area (Å²) in [6, 6.07) is 24.6. The first-order chi connectivity index (χ1) is 16.8. The summed E-state index contributed by atoms with van der Waals surface area (Å²) in [4.78, 5) is 25.7. The van der Waals surface area contributed by atoms with Crippen molar-refractivity contribution >= 4 is 11.6 Å². The summed E-state index contributed by atoms with van der Waals surface area (Å²) in [6.45, 7) is 8.21. The van der Waals surface area contributed by atoms with Gasteiger partial charge in [-0.15, -0.1) is 0 Å². The molecule has 4 aromatic carbocycles. The Morgan fingerprint density at radius 2 is 0.971 bits per heavy atom. The van der Waals surface area contributed by atoms with E-state index in [1.165, 1.54) is 33.4 Å². The van der Waals surface area contributed by atoms with Crippen molar-refractivity contribution in [2.75, 3.05) is 0 Å². The molecule has 1 aliphatic rings. The monoisotopic (exact) mass is 458 g/mol. The summed E-state index contributed by atoms with van der Waals surface area (Å²) in [5, 5.41) is 0. The third kappa shape index (κ3) is 4.61. The zero-order valence-corrected chi connectivity index (χ0v) is 20.9. The molecule has 1 aliphatic carbocycles. The van der Waals surface area contributed by atoms with Gasteiger partial charge in [0, 0.05) is 24.0 Å². The predicted octanol–water partition coefficient (Wildman–Crippen LogP) is 7.34. The van der Waals surface area contributed by atoms with Gasteiger partial charge in [-0.2, -0.15) is 0 Å². The van der Waals surface area contributed by atoms with Gasteiger partial charge in [-0.05, 0) is 102 Å². The minimum Gasteiger partial charge on any atom is -0.294 e. The van der Waals surface area contributed by atoms with Gasteiger partial charge >= 0.3 is 0 Å². The van der Waals surface area contributed by atoms with Crippen molar-refractivity contribution in [3.8, 4) is 11.1 Å². The minimum atomic E-state index is 0.149. The number of aryl methyl sites for hydroxylation is 4. The SMILES string of the molecule is Cc1ccc(C(=O)Cc2ccc3c(c2)Cc2cc(CC(=O)c4ccc(C)c(C)c4)ccc2-3)cc1C. The lowest BCUT2D eigenvalue weighted by atomic mass is 9.96. The fraction of sp³-hybridized carbons (Fsp3) is 0.212. The maximum absolute atomic E-state index is 12.9. The highest BCUT2D eigenvalue weighted by Gasteiger charge is 2.20. The Morgan fingerprint density at radius 1 is 0.543 bits per heavy atom. The average molecular weight is 459 g/mol. The second-order valence-electron chi connectivity index (χ2n) is 9.96. The molecule has 0 amide bonds. The van der Waals surface area contributed by atoms with Crippen LogP contribution in [-0.2, 0) is 19.3 Å². The minimum absolute atomic E-state index is 0.149. The van der Waals surface area contributed by atoms with Crippen molar-refractivity contribution in [3.05, 3.63) is 128 Å².